The molecule has 0 unspecified atom stereocenters. The van der Waals surface area contributed by atoms with E-state index in [1.165, 1.54) is 0 Å². The lowest BCUT2D eigenvalue weighted by molar-refractivity contribution is -0.141. The zero-order valence-corrected chi connectivity index (χ0v) is 20.9. The number of para-hydroxylation sites is 1. The van der Waals surface area contributed by atoms with E-state index in [1.54, 1.807) is 17.0 Å². The van der Waals surface area contributed by atoms with Gasteiger partial charge in [-0.15, -0.1) is 0 Å². The molecule has 1 atom stereocenters. The van der Waals surface area contributed by atoms with Crippen molar-refractivity contribution >= 4 is 23.4 Å². The molecular formula is C29H33ClN2O3. The molecule has 0 bridgehead atoms. The first-order valence-corrected chi connectivity index (χ1v) is 12.5. The van der Waals surface area contributed by atoms with Gasteiger partial charge in [-0.05, 0) is 48.2 Å². The summed E-state index contributed by atoms with van der Waals surface area (Å²) in [6.07, 6.45) is 2.11. The smallest absolute Gasteiger partial charge is 0.243 e. The van der Waals surface area contributed by atoms with Crippen molar-refractivity contribution in [2.24, 2.45) is 0 Å². The number of amides is 2. The van der Waals surface area contributed by atoms with Crippen LogP contribution in [0.1, 0.15) is 37.3 Å². The summed E-state index contributed by atoms with van der Waals surface area (Å²) >= 11 is 6.06. The van der Waals surface area contributed by atoms with Gasteiger partial charge in [0.1, 0.15) is 11.8 Å². The van der Waals surface area contributed by atoms with Crippen LogP contribution in [0.25, 0.3) is 0 Å². The van der Waals surface area contributed by atoms with Crippen LogP contribution < -0.4 is 10.1 Å². The molecule has 1 N–H and O–H groups in total. The Morgan fingerprint density at radius 1 is 0.914 bits per heavy atom. The third kappa shape index (κ3) is 8.76. The average Bonchev–Trinajstić information content (AvgIpc) is 2.89. The summed E-state index contributed by atoms with van der Waals surface area (Å²) in [5, 5.41) is 3.62. The van der Waals surface area contributed by atoms with E-state index in [-0.39, 0.29) is 18.2 Å². The Bertz CT molecular complexity index is 1040. The van der Waals surface area contributed by atoms with Gasteiger partial charge in [0.15, 0.2) is 0 Å². The molecule has 0 aliphatic rings. The third-order valence-electron chi connectivity index (χ3n) is 5.63. The highest BCUT2D eigenvalue weighted by Crippen LogP contribution is 2.18. The lowest BCUT2D eigenvalue weighted by atomic mass is 10.0. The highest BCUT2D eigenvalue weighted by atomic mass is 35.5. The van der Waals surface area contributed by atoms with E-state index >= 15 is 0 Å². The SMILES string of the molecule is CCCNC(=O)[C@@H](Cc1ccccc1)N(Cc1ccc(Cl)cc1)C(=O)CCCOc1ccccc1. The molecular weight excluding hydrogens is 460 g/mol. The molecule has 6 heteroatoms. The first kappa shape index (κ1) is 26.3. The molecule has 0 saturated heterocycles. The summed E-state index contributed by atoms with van der Waals surface area (Å²) < 4.78 is 5.76. The topological polar surface area (TPSA) is 58.6 Å². The monoisotopic (exact) mass is 492 g/mol. The van der Waals surface area contributed by atoms with E-state index in [0.29, 0.717) is 37.6 Å². The van der Waals surface area contributed by atoms with Gasteiger partial charge in [0.2, 0.25) is 11.8 Å². The summed E-state index contributed by atoms with van der Waals surface area (Å²) in [7, 11) is 0. The maximum absolute atomic E-state index is 13.5. The maximum Gasteiger partial charge on any atom is 0.243 e. The molecule has 0 radical (unpaired) electrons. The fraction of sp³-hybridized carbons (Fsp3) is 0.310. The zero-order valence-electron chi connectivity index (χ0n) is 20.2. The molecule has 2 amide bonds. The molecule has 0 spiro atoms. The van der Waals surface area contributed by atoms with E-state index in [9.17, 15) is 9.59 Å². The van der Waals surface area contributed by atoms with Gasteiger partial charge in [-0.2, -0.15) is 0 Å². The first-order chi connectivity index (χ1) is 17.1. The minimum atomic E-state index is -0.623. The van der Waals surface area contributed by atoms with Crippen molar-refractivity contribution < 1.29 is 14.3 Å². The largest absolute Gasteiger partial charge is 0.494 e. The maximum atomic E-state index is 13.5. The van der Waals surface area contributed by atoms with Crippen molar-refractivity contribution in [1.29, 1.82) is 0 Å². The lowest BCUT2D eigenvalue weighted by Gasteiger charge is -2.31. The van der Waals surface area contributed by atoms with Gasteiger partial charge in [-0.1, -0.05) is 79.2 Å². The van der Waals surface area contributed by atoms with Gasteiger partial charge < -0.3 is 15.0 Å². The number of carbonyl (C=O) groups is 2. The van der Waals surface area contributed by atoms with Crippen LogP contribution in [0.4, 0.5) is 0 Å². The number of hydrogen-bond donors (Lipinski definition) is 1. The number of hydrogen-bond acceptors (Lipinski definition) is 3. The van der Waals surface area contributed by atoms with Gasteiger partial charge in [0.05, 0.1) is 6.61 Å². The Hall–Kier alpha value is -3.31. The van der Waals surface area contributed by atoms with Gasteiger partial charge >= 0.3 is 0 Å². The second kappa shape index (κ2) is 14.2. The molecule has 0 aliphatic heterocycles. The van der Waals surface area contributed by atoms with Crippen LogP contribution in [0.5, 0.6) is 5.75 Å². The molecule has 3 aromatic carbocycles. The predicted molar refractivity (Wildman–Crippen MR) is 140 cm³/mol. The Morgan fingerprint density at radius 3 is 2.23 bits per heavy atom. The van der Waals surface area contributed by atoms with Crippen molar-refractivity contribution in [2.75, 3.05) is 13.2 Å². The van der Waals surface area contributed by atoms with Crippen LogP contribution in [0.2, 0.25) is 5.02 Å². The quantitative estimate of drug-likeness (QED) is 0.313. The highest BCUT2D eigenvalue weighted by molar-refractivity contribution is 6.30. The van der Waals surface area contributed by atoms with Crippen LogP contribution >= 0.6 is 11.6 Å². The first-order valence-electron chi connectivity index (χ1n) is 12.1. The Labute approximate surface area is 213 Å². The van der Waals surface area contributed by atoms with Crippen molar-refractivity contribution in [1.82, 2.24) is 10.2 Å². The normalized spacial score (nSPS) is 11.5. The molecule has 3 rings (SSSR count). The molecule has 35 heavy (non-hydrogen) atoms. The second-order valence-electron chi connectivity index (χ2n) is 8.41. The molecule has 0 aromatic heterocycles. The molecule has 3 aromatic rings. The Kier molecular flexibility index (Phi) is 10.6. The highest BCUT2D eigenvalue weighted by Gasteiger charge is 2.30. The molecule has 0 aliphatic carbocycles. The van der Waals surface area contributed by atoms with Gasteiger partial charge in [-0.3, -0.25) is 9.59 Å². The van der Waals surface area contributed by atoms with E-state index in [4.69, 9.17) is 16.3 Å². The average molecular weight is 493 g/mol. The number of ether oxygens (including phenoxy) is 1. The Morgan fingerprint density at radius 2 is 1.57 bits per heavy atom. The summed E-state index contributed by atoms with van der Waals surface area (Å²) in [5.74, 6) is 0.557. The van der Waals surface area contributed by atoms with Crippen molar-refractivity contribution in [3.63, 3.8) is 0 Å². The van der Waals surface area contributed by atoms with Crippen LogP contribution in [0, 0.1) is 0 Å². The standard InChI is InChI=1S/C29H33ClN2O3/c1-2-19-31-29(34)27(21-23-10-5-3-6-11-23)32(22-24-15-17-25(30)18-16-24)28(33)14-9-20-35-26-12-7-4-8-13-26/h3-8,10-13,15-18,27H,2,9,14,19-22H2,1H3,(H,31,34)/t27-/m1/s1. The zero-order chi connectivity index (χ0) is 24.9. The molecule has 5 nitrogen and oxygen atoms in total. The summed E-state index contributed by atoms with van der Waals surface area (Å²) in [6.45, 7) is 3.33. The van der Waals surface area contributed by atoms with Crippen LogP contribution in [-0.2, 0) is 22.6 Å². The third-order valence-corrected chi connectivity index (χ3v) is 5.89. The van der Waals surface area contributed by atoms with E-state index in [0.717, 1.165) is 23.3 Å². The van der Waals surface area contributed by atoms with Gasteiger partial charge in [-0.25, -0.2) is 0 Å². The van der Waals surface area contributed by atoms with Crippen LogP contribution in [-0.4, -0.2) is 35.9 Å². The molecule has 0 heterocycles. The number of halogens is 1. The van der Waals surface area contributed by atoms with E-state index < -0.39 is 6.04 Å². The number of rotatable bonds is 13. The molecule has 0 saturated carbocycles. The van der Waals surface area contributed by atoms with Crippen molar-refractivity contribution in [3.8, 4) is 5.75 Å². The number of carbonyl (C=O) groups excluding carboxylic acids is 2. The van der Waals surface area contributed by atoms with Gasteiger partial charge in [0.25, 0.3) is 0 Å². The number of nitrogens with one attached hydrogen (secondary N) is 1. The van der Waals surface area contributed by atoms with Crippen LogP contribution in [0.15, 0.2) is 84.9 Å². The Balaban J connectivity index is 1.77. The summed E-state index contributed by atoms with van der Waals surface area (Å²) in [4.78, 5) is 28.5. The van der Waals surface area contributed by atoms with Crippen molar-refractivity contribution in [3.05, 3.63) is 101 Å². The van der Waals surface area contributed by atoms with Crippen molar-refractivity contribution in [2.45, 2.75) is 45.2 Å². The lowest BCUT2D eigenvalue weighted by Crippen LogP contribution is -2.50. The van der Waals surface area contributed by atoms with Crippen LogP contribution in [0.3, 0.4) is 0 Å². The number of benzene rings is 3. The minimum absolute atomic E-state index is 0.0795. The number of nitrogens with zero attached hydrogens (tertiary/aromatic N) is 1. The minimum Gasteiger partial charge on any atom is -0.494 e. The molecule has 0 fully saturated rings. The molecule has 184 valence electrons. The predicted octanol–water partition coefficient (Wildman–Crippen LogP) is 5.67. The summed E-state index contributed by atoms with van der Waals surface area (Å²) in [5.41, 5.74) is 1.93. The fourth-order valence-electron chi connectivity index (χ4n) is 3.78. The summed E-state index contributed by atoms with van der Waals surface area (Å²) in [6, 6.07) is 26.1. The van der Waals surface area contributed by atoms with E-state index in [2.05, 4.69) is 5.32 Å². The van der Waals surface area contributed by atoms with E-state index in [1.807, 2.05) is 79.7 Å². The second-order valence-corrected chi connectivity index (χ2v) is 8.85. The van der Waals surface area contributed by atoms with Gasteiger partial charge in [0, 0.05) is 31.0 Å². The fourth-order valence-corrected chi connectivity index (χ4v) is 3.91.